The molecule has 1 saturated carbocycles. The topological polar surface area (TPSA) is 109 Å². The molecule has 9 nitrogen and oxygen atoms in total. The Labute approximate surface area is 221 Å². The maximum atomic E-state index is 13.4. The number of hydrogen-bond donors (Lipinski definition) is 1. The zero-order chi connectivity index (χ0) is 26.8. The van der Waals surface area contributed by atoms with E-state index in [4.69, 9.17) is 4.74 Å². The van der Waals surface area contributed by atoms with Gasteiger partial charge in [0.05, 0.1) is 10.8 Å². The Balaban J connectivity index is 1.45. The molecule has 4 rings (SSSR count). The average molecular weight is 545 g/mol. The van der Waals surface area contributed by atoms with Crippen LogP contribution in [0.2, 0.25) is 0 Å². The molecular formula is C26H32N4O5S2. The van der Waals surface area contributed by atoms with Crippen molar-refractivity contribution in [3.8, 4) is 11.8 Å². The molecule has 0 bridgehead atoms. The second-order valence-corrected chi connectivity index (χ2v) is 13.6. The van der Waals surface area contributed by atoms with Gasteiger partial charge in [0.25, 0.3) is 0 Å². The number of benzene rings is 1. The van der Waals surface area contributed by atoms with E-state index in [0.29, 0.717) is 6.54 Å². The molecule has 1 unspecified atom stereocenters. The molecule has 0 spiro atoms. The summed E-state index contributed by atoms with van der Waals surface area (Å²) in [5.41, 5.74) is 0.255. The van der Waals surface area contributed by atoms with Crippen molar-refractivity contribution >= 4 is 38.4 Å². The fourth-order valence-corrected chi connectivity index (χ4v) is 6.72. The maximum Gasteiger partial charge on any atom is 0.413 e. The van der Waals surface area contributed by atoms with Crippen LogP contribution in [0.5, 0.6) is 0 Å². The lowest BCUT2D eigenvalue weighted by Crippen LogP contribution is -2.54. The van der Waals surface area contributed by atoms with Crippen molar-refractivity contribution in [3.05, 3.63) is 42.6 Å². The van der Waals surface area contributed by atoms with Crippen LogP contribution in [0.4, 0.5) is 16.3 Å². The first-order valence-electron chi connectivity index (χ1n) is 12.1. The maximum absolute atomic E-state index is 13.4. The summed E-state index contributed by atoms with van der Waals surface area (Å²) in [5, 5.41) is 2.77. The summed E-state index contributed by atoms with van der Waals surface area (Å²) < 4.78 is 45.8. The number of sulfonamides is 1. The molecule has 1 aromatic heterocycles. The Hall–Kier alpha value is -2.94. The number of nitrogens with one attached hydrogen (secondary N) is 1. The quantitative estimate of drug-likeness (QED) is 0.554. The summed E-state index contributed by atoms with van der Waals surface area (Å²) in [6, 6.07) is 10.2. The van der Waals surface area contributed by atoms with Crippen LogP contribution in [0.25, 0.3) is 0 Å². The first-order valence-corrected chi connectivity index (χ1v) is 14.8. The summed E-state index contributed by atoms with van der Waals surface area (Å²) in [6.07, 6.45) is 2.59. The Bertz CT molecular complexity index is 1320. The highest BCUT2D eigenvalue weighted by Crippen LogP contribution is 2.32. The lowest BCUT2D eigenvalue weighted by atomic mass is 10.1. The molecule has 2 aliphatic rings. The van der Waals surface area contributed by atoms with Gasteiger partial charge in [-0.3, -0.25) is 9.53 Å². The zero-order valence-corrected chi connectivity index (χ0v) is 23.1. The van der Waals surface area contributed by atoms with Crippen LogP contribution in [0, 0.1) is 11.8 Å². The molecule has 11 heteroatoms. The molecule has 2 heterocycles. The van der Waals surface area contributed by atoms with Gasteiger partial charge < -0.3 is 9.64 Å². The van der Waals surface area contributed by atoms with Gasteiger partial charge in [0.15, 0.2) is 0 Å². The van der Waals surface area contributed by atoms with E-state index in [-0.39, 0.29) is 35.1 Å². The van der Waals surface area contributed by atoms with Crippen molar-refractivity contribution in [1.29, 1.82) is 0 Å². The third kappa shape index (κ3) is 6.69. The highest BCUT2D eigenvalue weighted by molar-refractivity contribution is 7.89. The minimum absolute atomic E-state index is 0.0332. The van der Waals surface area contributed by atoms with Crippen molar-refractivity contribution < 1.29 is 22.2 Å². The van der Waals surface area contributed by atoms with Gasteiger partial charge in [0.1, 0.15) is 22.4 Å². The van der Waals surface area contributed by atoms with Crippen molar-refractivity contribution in [2.24, 2.45) is 0 Å². The van der Waals surface area contributed by atoms with Crippen LogP contribution >= 0.6 is 0 Å². The largest absolute Gasteiger partial charge is 0.444 e. The van der Waals surface area contributed by atoms with Crippen LogP contribution in [-0.2, 0) is 25.6 Å². The number of anilines is 2. The highest BCUT2D eigenvalue weighted by atomic mass is 32.2. The van der Waals surface area contributed by atoms with Gasteiger partial charge >= 0.3 is 6.09 Å². The number of pyridine rings is 1. The normalized spacial score (nSPS) is 19.5. The smallest absolute Gasteiger partial charge is 0.413 e. The number of hydrogen-bond acceptors (Lipinski definition) is 7. The van der Waals surface area contributed by atoms with E-state index in [2.05, 4.69) is 27.0 Å². The van der Waals surface area contributed by atoms with Crippen molar-refractivity contribution in [2.45, 2.75) is 67.2 Å². The number of piperazine rings is 1. The van der Waals surface area contributed by atoms with Crippen molar-refractivity contribution in [3.63, 3.8) is 0 Å². The number of rotatable bonds is 6. The molecule has 37 heavy (non-hydrogen) atoms. The molecule has 1 aromatic carbocycles. The second kappa shape index (κ2) is 10.8. The van der Waals surface area contributed by atoms with Crippen LogP contribution in [0.1, 0.15) is 40.5 Å². The van der Waals surface area contributed by atoms with E-state index >= 15 is 0 Å². The van der Waals surface area contributed by atoms with Crippen molar-refractivity contribution in [2.75, 3.05) is 29.9 Å². The van der Waals surface area contributed by atoms with Gasteiger partial charge in [0.2, 0.25) is 10.0 Å². The average Bonchev–Trinajstić information content (AvgIpc) is 3.69. The number of carbonyl (C=O) groups is 1. The summed E-state index contributed by atoms with van der Waals surface area (Å²) in [5.74, 6) is 6.24. The molecule has 2 atom stereocenters. The fourth-order valence-electron chi connectivity index (χ4n) is 3.99. The van der Waals surface area contributed by atoms with Crippen LogP contribution in [0.3, 0.4) is 0 Å². The Morgan fingerprint density at radius 3 is 2.41 bits per heavy atom. The first kappa shape index (κ1) is 27.1. The van der Waals surface area contributed by atoms with E-state index in [1.165, 1.54) is 22.6 Å². The Morgan fingerprint density at radius 1 is 1.14 bits per heavy atom. The number of nitrogens with zero attached hydrogens (tertiary/aromatic N) is 3. The summed E-state index contributed by atoms with van der Waals surface area (Å²) in [7, 11) is -4.79. The molecule has 1 aliphatic heterocycles. The number of amides is 1. The SMILES string of the molecule is CC#C[C@H]1CN(S(=O)(=O)c2ccc(NC(=O)OC(C)(C)C)nc2)CCN1c1ccc(S(=O)C2CC2)cc1. The van der Waals surface area contributed by atoms with E-state index in [9.17, 15) is 17.4 Å². The third-order valence-electron chi connectivity index (χ3n) is 5.88. The first-order chi connectivity index (χ1) is 17.5. The standard InChI is InChI=1S/C26H32N4O5S2/c1-5-6-20-18-29(15-16-30(20)19-7-9-21(10-8-19)36(32)22-11-12-22)37(33,34)23-13-14-24(27-17-23)28-25(31)35-26(2,3)4/h7-10,13-14,17,20,22H,11-12,15-16,18H2,1-4H3,(H,27,28,31)/t20-,36?/m0/s1. The van der Waals surface area contributed by atoms with Crippen LogP contribution < -0.4 is 10.2 Å². The second-order valence-electron chi connectivity index (χ2n) is 9.96. The minimum Gasteiger partial charge on any atom is -0.444 e. The van der Waals surface area contributed by atoms with E-state index in [0.717, 1.165) is 23.4 Å². The van der Waals surface area contributed by atoms with Gasteiger partial charge in [0, 0.05) is 41.7 Å². The molecule has 1 N–H and O–H groups in total. The molecule has 1 aliphatic carbocycles. The monoisotopic (exact) mass is 544 g/mol. The fraction of sp³-hybridized carbons (Fsp3) is 0.462. The molecule has 2 fully saturated rings. The van der Waals surface area contributed by atoms with E-state index in [1.807, 2.05) is 24.3 Å². The van der Waals surface area contributed by atoms with Crippen molar-refractivity contribution in [1.82, 2.24) is 9.29 Å². The molecular weight excluding hydrogens is 512 g/mol. The van der Waals surface area contributed by atoms with Gasteiger partial charge in [-0.1, -0.05) is 5.92 Å². The minimum atomic E-state index is -3.82. The molecule has 198 valence electrons. The molecule has 1 saturated heterocycles. The summed E-state index contributed by atoms with van der Waals surface area (Å²) in [6.45, 7) is 7.89. The molecule has 0 radical (unpaired) electrons. The third-order valence-corrected chi connectivity index (χ3v) is 9.55. The van der Waals surface area contributed by atoms with Gasteiger partial charge in [-0.15, -0.1) is 5.92 Å². The predicted molar refractivity (Wildman–Crippen MR) is 143 cm³/mol. The Kier molecular flexibility index (Phi) is 7.92. The van der Waals surface area contributed by atoms with Crippen LogP contribution in [0.15, 0.2) is 52.4 Å². The highest BCUT2D eigenvalue weighted by Gasteiger charge is 2.34. The lowest BCUT2D eigenvalue weighted by Gasteiger charge is -2.39. The molecule has 2 aromatic rings. The summed E-state index contributed by atoms with van der Waals surface area (Å²) in [4.78, 5) is 19.0. The van der Waals surface area contributed by atoms with E-state index < -0.39 is 32.5 Å². The number of carbonyl (C=O) groups excluding carboxylic acids is 1. The van der Waals surface area contributed by atoms with Gasteiger partial charge in [-0.25, -0.2) is 18.2 Å². The lowest BCUT2D eigenvalue weighted by molar-refractivity contribution is 0.0635. The zero-order valence-electron chi connectivity index (χ0n) is 21.4. The molecule has 1 amide bonds. The van der Waals surface area contributed by atoms with Crippen LogP contribution in [-0.4, -0.2) is 64.5 Å². The number of aromatic nitrogens is 1. The van der Waals surface area contributed by atoms with E-state index in [1.54, 1.807) is 27.7 Å². The summed E-state index contributed by atoms with van der Waals surface area (Å²) >= 11 is 0. The Morgan fingerprint density at radius 2 is 1.84 bits per heavy atom. The number of ether oxygens (including phenoxy) is 1. The predicted octanol–water partition coefficient (Wildman–Crippen LogP) is 3.60. The van der Waals surface area contributed by atoms with Gasteiger partial charge in [-0.2, -0.15) is 4.31 Å². The van der Waals surface area contributed by atoms with Gasteiger partial charge in [-0.05, 0) is 76.9 Å².